The van der Waals surface area contributed by atoms with Crippen molar-refractivity contribution in [1.29, 1.82) is 0 Å². The monoisotopic (exact) mass is 403 g/mol. The molecule has 146 valence electrons. The fourth-order valence-electron chi connectivity index (χ4n) is 3.68. The number of imidazole rings is 1. The van der Waals surface area contributed by atoms with Gasteiger partial charge in [-0.2, -0.15) is 4.31 Å². The first kappa shape index (κ1) is 19.6. The number of nitrogens with zero attached hydrogens (tertiary/aromatic N) is 5. The summed E-state index contributed by atoms with van der Waals surface area (Å²) in [5, 5.41) is 0.0114. The Kier molecular flexibility index (Phi) is 5.62. The molecule has 1 atom stereocenters. The Labute approximate surface area is 159 Å². The second-order valence-electron chi connectivity index (χ2n) is 7.17. The number of piperazine rings is 1. The van der Waals surface area contributed by atoms with Gasteiger partial charge in [0.15, 0.2) is 0 Å². The van der Waals surface area contributed by atoms with Gasteiger partial charge in [-0.15, -0.1) is 0 Å². The topological polar surface area (TPSA) is 78.8 Å². The van der Waals surface area contributed by atoms with Gasteiger partial charge in [-0.05, 0) is 26.7 Å². The van der Waals surface area contributed by atoms with Gasteiger partial charge < -0.3 is 9.47 Å². The molecule has 2 saturated heterocycles. The number of amides is 1. The molecule has 8 nitrogen and oxygen atoms in total. The van der Waals surface area contributed by atoms with Crippen LogP contribution in [0.1, 0.15) is 26.7 Å². The predicted molar refractivity (Wildman–Crippen MR) is 98.4 cm³/mol. The Morgan fingerprint density at radius 3 is 2.38 bits per heavy atom. The van der Waals surface area contributed by atoms with E-state index in [-0.39, 0.29) is 28.2 Å². The molecule has 1 aromatic rings. The number of hydrogen-bond donors (Lipinski definition) is 0. The molecule has 0 aliphatic carbocycles. The van der Waals surface area contributed by atoms with Crippen LogP contribution in [-0.4, -0.2) is 82.8 Å². The van der Waals surface area contributed by atoms with E-state index >= 15 is 0 Å². The van der Waals surface area contributed by atoms with Crippen molar-refractivity contribution >= 4 is 27.5 Å². The van der Waals surface area contributed by atoms with Crippen LogP contribution in [0, 0.1) is 0 Å². The molecule has 0 saturated carbocycles. The third-order valence-electron chi connectivity index (χ3n) is 5.20. The average Bonchev–Trinajstić information content (AvgIpc) is 2.95. The van der Waals surface area contributed by atoms with Crippen molar-refractivity contribution in [2.75, 3.05) is 32.7 Å². The van der Waals surface area contributed by atoms with Gasteiger partial charge in [-0.25, -0.2) is 13.4 Å². The number of carbonyl (C=O) groups is 1. The van der Waals surface area contributed by atoms with Crippen molar-refractivity contribution < 1.29 is 13.2 Å². The first-order valence-corrected chi connectivity index (χ1v) is 10.8. The number of rotatable bonds is 4. The highest BCUT2D eigenvalue weighted by atomic mass is 35.5. The molecular formula is C16H26ClN5O3S. The summed E-state index contributed by atoms with van der Waals surface area (Å²) in [6.45, 7) is 6.60. The predicted octanol–water partition coefficient (Wildman–Crippen LogP) is 0.779. The molecule has 0 unspecified atom stereocenters. The molecule has 0 radical (unpaired) electrons. The lowest BCUT2D eigenvalue weighted by Gasteiger charge is -2.43. The van der Waals surface area contributed by atoms with Gasteiger partial charge in [0.1, 0.15) is 5.15 Å². The number of sulfonamides is 1. The standard InChI is InChI=1S/C16H26ClN5O3S/c1-12(2)22-6-4-5-13(16(22)23)20-7-9-21(10-8-20)26(24,25)15-14(17)19(3)11-18-15/h11-13H,4-10H2,1-3H3/t13-/m1/s1. The molecule has 0 bridgehead atoms. The highest BCUT2D eigenvalue weighted by Gasteiger charge is 2.38. The summed E-state index contributed by atoms with van der Waals surface area (Å²) in [4.78, 5) is 20.7. The van der Waals surface area contributed by atoms with Gasteiger partial charge in [0.05, 0.1) is 12.4 Å². The lowest BCUT2D eigenvalue weighted by atomic mass is 10.0. The van der Waals surface area contributed by atoms with Gasteiger partial charge in [-0.3, -0.25) is 9.69 Å². The third kappa shape index (κ3) is 3.49. The van der Waals surface area contributed by atoms with E-state index < -0.39 is 10.0 Å². The summed E-state index contributed by atoms with van der Waals surface area (Å²) < 4.78 is 28.5. The van der Waals surface area contributed by atoms with Crippen LogP contribution < -0.4 is 0 Å². The molecule has 10 heteroatoms. The molecular weight excluding hydrogens is 378 g/mol. The molecule has 2 aliphatic rings. The molecule has 0 N–H and O–H groups in total. The van der Waals surface area contributed by atoms with Gasteiger partial charge in [0.25, 0.3) is 10.0 Å². The molecule has 3 heterocycles. The fraction of sp³-hybridized carbons (Fsp3) is 0.750. The molecule has 0 spiro atoms. The summed E-state index contributed by atoms with van der Waals surface area (Å²) in [7, 11) is -2.06. The van der Waals surface area contributed by atoms with Gasteiger partial charge in [-0.1, -0.05) is 11.6 Å². The first-order valence-electron chi connectivity index (χ1n) is 8.95. The van der Waals surface area contributed by atoms with Crippen molar-refractivity contribution in [3.8, 4) is 0 Å². The minimum Gasteiger partial charge on any atom is -0.339 e. The Morgan fingerprint density at radius 1 is 1.19 bits per heavy atom. The van der Waals surface area contributed by atoms with Crippen molar-refractivity contribution in [2.24, 2.45) is 7.05 Å². The van der Waals surface area contributed by atoms with E-state index in [9.17, 15) is 13.2 Å². The highest BCUT2D eigenvalue weighted by Crippen LogP contribution is 2.25. The number of aryl methyl sites for hydroxylation is 1. The Morgan fingerprint density at radius 2 is 1.85 bits per heavy atom. The lowest BCUT2D eigenvalue weighted by molar-refractivity contribution is -0.142. The minimum atomic E-state index is -3.72. The van der Waals surface area contributed by atoms with Crippen LogP contribution in [0.4, 0.5) is 0 Å². The lowest BCUT2D eigenvalue weighted by Crippen LogP contribution is -2.59. The van der Waals surface area contributed by atoms with Crippen LogP contribution in [-0.2, 0) is 21.9 Å². The zero-order valence-corrected chi connectivity index (χ0v) is 17.0. The normalized spacial score (nSPS) is 23.8. The number of likely N-dealkylation sites (tertiary alicyclic amines) is 1. The molecule has 2 aliphatic heterocycles. The molecule has 0 aromatic carbocycles. The number of aromatic nitrogens is 2. The molecule has 2 fully saturated rings. The summed E-state index contributed by atoms with van der Waals surface area (Å²) in [6, 6.07) is 0.0488. The van der Waals surface area contributed by atoms with E-state index in [1.807, 2.05) is 18.7 Å². The zero-order valence-electron chi connectivity index (χ0n) is 15.4. The van der Waals surface area contributed by atoms with E-state index in [4.69, 9.17) is 11.6 Å². The summed E-state index contributed by atoms with van der Waals surface area (Å²) in [5.41, 5.74) is 0. The quantitative estimate of drug-likeness (QED) is 0.742. The van der Waals surface area contributed by atoms with Crippen molar-refractivity contribution in [3.05, 3.63) is 11.5 Å². The van der Waals surface area contributed by atoms with Crippen molar-refractivity contribution in [1.82, 2.24) is 23.7 Å². The van der Waals surface area contributed by atoms with Gasteiger partial charge in [0.2, 0.25) is 10.9 Å². The fourth-order valence-corrected chi connectivity index (χ4v) is 5.49. The third-order valence-corrected chi connectivity index (χ3v) is 7.59. The van der Waals surface area contributed by atoms with Crippen LogP contribution in [0.5, 0.6) is 0 Å². The SMILES string of the molecule is CC(C)N1CCC[C@@H](N2CCN(S(=O)(=O)c3ncn(C)c3Cl)CC2)C1=O. The molecule has 1 aromatic heterocycles. The number of hydrogen-bond acceptors (Lipinski definition) is 5. The van der Waals surface area contributed by atoms with E-state index in [0.717, 1.165) is 19.4 Å². The molecule has 3 rings (SSSR count). The maximum Gasteiger partial charge on any atom is 0.263 e. The van der Waals surface area contributed by atoms with E-state index in [2.05, 4.69) is 9.88 Å². The minimum absolute atomic E-state index is 0.102. The number of carbonyl (C=O) groups excluding carboxylic acids is 1. The second-order valence-corrected chi connectivity index (χ2v) is 9.39. The number of halogens is 1. The van der Waals surface area contributed by atoms with Crippen LogP contribution in [0.3, 0.4) is 0 Å². The van der Waals surface area contributed by atoms with E-state index in [1.54, 1.807) is 7.05 Å². The Hall–Kier alpha value is -1.16. The first-order chi connectivity index (χ1) is 12.2. The van der Waals surface area contributed by atoms with Crippen molar-refractivity contribution in [3.63, 3.8) is 0 Å². The Balaban J connectivity index is 1.67. The van der Waals surface area contributed by atoms with Crippen LogP contribution in [0.15, 0.2) is 11.4 Å². The number of piperidine rings is 1. The molecule has 26 heavy (non-hydrogen) atoms. The highest BCUT2D eigenvalue weighted by molar-refractivity contribution is 7.89. The summed E-state index contributed by atoms with van der Waals surface area (Å²) >= 11 is 6.06. The van der Waals surface area contributed by atoms with E-state index in [0.29, 0.717) is 26.2 Å². The zero-order chi connectivity index (χ0) is 19.1. The second kappa shape index (κ2) is 7.46. The van der Waals surface area contributed by atoms with Crippen molar-refractivity contribution in [2.45, 2.75) is 43.8 Å². The maximum absolute atomic E-state index is 12.8. The van der Waals surface area contributed by atoms with E-state index in [1.165, 1.54) is 15.2 Å². The summed E-state index contributed by atoms with van der Waals surface area (Å²) in [6.07, 6.45) is 3.21. The van der Waals surface area contributed by atoms with Crippen LogP contribution in [0.2, 0.25) is 5.15 Å². The smallest absolute Gasteiger partial charge is 0.263 e. The Bertz CT molecular complexity index is 771. The largest absolute Gasteiger partial charge is 0.339 e. The van der Waals surface area contributed by atoms with Crippen LogP contribution in [0.25, 0.3) is 0 Å². The summed E-state index contributed by atoms with van der Waals surface area (Å²) in [5.74, 6) is 0.162. The van der Waals surface area contributed by atoms with Gasteiger partial charge in [0, 0.05) is 45.8 Å². The average molecular weight is 404 g/mol. The van der Waals surface area contributed by atoms with Gasteiger partial charge >= 0.3 is 0 Å². The molecule has 1 amide bonds. The maximum atomic E-state index is 12.8. The van der Waals surface area contributed by atoms with Crippen LogP contribution >= 0.6 is 11.6 Å².